The summed E-state index contributed by atoms with van der Waals surface area (Å²) < 4.78 is 7.73. The zero-order valence-corrected chi connectivity index (χ0v) is 18.5. The van der Waals surface area contributed by atoms with Crippen molar-refractivity contribution in [2.75, 3.05) is 11.1 Å². The van der Waals surface area contributed by atoms with Gasteiger partial charge in [-0.25, -0.2) is 4.98 Å². The molecule has 0 saturated heterocycles. The summed E-state index contributed by atoms with van der Waals surface area (Å²) in [5.74, 6) is 0.389. The lowest BCUT2D eigenvalue weighted by Crippen LogP contribution is -2.16. The van der Waals surface area contributed by atoms with E-state index >= 15 is 0 Å². The molecule has 0 aliphatic heterocycles. The van der Waals surface area contributed by atoms with Gasteiger partial charge in [0.2, 0.25) is 11.8 Å². The molecule has 1 amide bonds. The van der Waals surface area contributed by atoms with Crippen LogP contribution in [-0.2, 0) is 17.8 Å². The molecule has 0 spiro atoms. The minimum atomic E-state index is -0.175. The highest BCUT2D eigenvalue weighted by atomic mass is 32.2. The average Bonchev–Trinajstić information content (AvgIpc) is 3.31. The predicted octanol–water partition coefficient (Wildman–Crippen LogP) is 4.53. The SMILES string of the molecule is CCc1ccccc1-n1cnnc1SCC(=O)Nc1cccnc1OCc1ccccc1. The van der Waals surface area contributed by atoms with Crippen molar-refractivity contribution in [1.82, 2.24) is 19.7 Å². The zero-order valence-electron chi connectivity index (χ0n) is 17.6. The fourth-order valence-electron chi connectivity index (χ4n) is 3.18. The molecule has 162 valence electrons. The normalized spacial score (nSPS) is 10.7. The van der Waals surface area contributed by atoms with Crippen LogP contribution in [-0.4, -0.2) is 31.4 Å². The third kappa shape index (κ3) is 5.33. The second kappa shape index (κ2) is 10.6. The second-order valence-electron chi connectivity index (χ2n) is 6.93. The van der Waals surface area contributed by atoms with E-state index in [4.69, 9.17) is 4.74 Å². The van der Waals surface area contributed by atoms with Crippen LogP contribution in [0.5, 0.6) is 5.88 Å². The van der Waals surface area contributed by atoms with Gasteiger partial charge in [0.25, 0.3) is 0 Å². The number of carbonyl (C=O) groups is 1. The monoisotopic (exact) mass is 445 g/mol. The van der Waals surface area contributed by atoms with Crippen LogP contribution in [0, 0.1) is 0 Å². The molecule has 0 aliphatic carbocycles. The maximum Gasteiger partial charge on any atom is 0.238 e. The van der Waals surface area contributed by atoms with Gasteiger partial charge in [-0.3, -0.25) is 9.36 Å². The predicted molar refractivity (Wildman–Crippen MR) is 125 cm³/mol. The first-order valence-corrected chi connectivity index (χ1v) is 11.3. The third-order valence-electron chi connectivity index (χ3n) is 4.74. The summed E-state index contributed by atoms with van der Waals surface area (Å²) in [6.07, 6.45) is 4.20. The van der Waals surface area contributed by atoms with Crippen molar-refractivity contribution in [3.8, 4) is 11.6 Å². The molecule has 0 fully saturated rings. The Hall–Kier alpha value is -3.65. The minimum absolute atomic E-state index is 0.175. The number of hydrogen-bond acceptors (Lipinski definition) is 6. The van der Waals surface area contributed by atoms with Crippen molar-refractivity contribution in [2.24, 2.45) is 0 Å². The van der Waals surface area contributed by atoms with Crippen molar-refractivity contribution in [3.63, 3.8) is 0 Å². The van der Waals surface area contributed by atoms with E-state index in [2.05, 4.69) is 33.5 Å². The van der Waals surface area contributed by atoms with Gasteiger partial charge in [-0.05, 0) is 35.7 Å². The van der Waals surface area contributed by atoms with E-state index in [-0.39, 0.29) is 11.7 Å². The number of nitrogens with one attached hydrogen (secondary N) is 1. The molecule has 4 aromatic rings. The molecule has 0 saturated carbocycles. The molecule has 0 radical (unpaired) electrons. The average molecular weight is 446 g/mol. The van der Waals surface area contributed by atoms with Crippen LogP contribution < -0.4 is 10.1 Å². The van der Waals surface area contributed by atoms with Crippen molar-refractivity contribution in [3.05, 3.63) is 90.4 Å². The van der Waals surface area contributed by atoms with Crippen LogP contribution in [0.15, 0.2) is 84.4 Å². The quantitative estimate of drug-likeness (QED) is 0.381. The van der Waals surface area contributed by atoms with Gasteiger partial charge >= 0.3 is 0 Å². The highest BCUT2D eigenvalue weighted by Gasteiger charge is 2.14. The summed E-state index contributed by atoms with van der Waals surface area (Å²) in [7, 11) is 0. The van der Waals surface area contributed by atoms with E-state index in [1.54, 1.807) is 24.7 Å². The number of amides is 1. The second-order valence-corrected chi connectivity index (χ2v) is 7.88. The van der Waals surface area contributed by atoms with Gasteiger partial charge in [-0.15, -0.1) is 10.2 Å². The molecular weight excluding hydrogens is 422 g/mol. The van der Waals surface area contributed by atoms with E-state index in [1.165, 1.54) is 17.3 Å². The lowest BCUT2D eigenvalue weighted by molar-refractivity contribution is -0.113. The van der Waals surface area contributed by atoms with Crippen molar-refractivity contribution in [1.29, 1.82) is 0 Å². The number of anilines is 1. The maximum absolute atomic E-state index is 12.6. The smallest absolute Gasteiger partial charge is 0.238 e. The molecule has 7 nitrogen and oxygen atoms in total. The first kappa shape index (κ1) is 21.6. The number of carbonyl (C=O) groups excluding carboxylic acids is 1. The molecule has 4 rings (SSSR count). The van der Waals surface area contributed by atoms with Crippen LogP contribution in [0.2, 0.25) is 0 Å². The zero-order chi connectivity index (χ0) is 22.2. The van der Waals surface area contributed by atoms with E-state index in [9.17, 15) is 4.79 Å². The highest BCUT2D eigenvalue weighted by Crippen LogP contribution is 2.25. The van der Waals surface area contributed by atoms with E-state index < -0.39 is 0 Å². The van der Waals surface area contributed by atoms with E-state index in [0.717, 1.165) is 17.7 Å². The van der Waals surface area contributed by atoms with Gasteiger partial charge < -0.3 is 10.1 Å². The number of para-hydroxylation sites is 1. The number of pyridine rings is 1. The Kier molecular flexibility index (Phi) is 7.14. The molecule has 1 N–H and O–H groups in total. The number of aryl methyl sites for hydroxylation is 1. The number of thioether (sulfide) groups is 1. The molecule has 0 atom stereocenters. The summed E-state index contributed by atoms with van der Waals surface area (Å²) in [6, 6.07) is 21.4. The van der Waals surface area contributed by atoms with Crippen LogP contribution in [0.3, 0.4) is 0 Å². The van der Waals surface area contributed by atoms with Crippen molar-refractivity contribution in [2.45, 2.75) is 25.1 Å². The number of hydrogen-bond donors (Lipinski definition) is 1. The van der Waals surface area contributed by atoms with Crippen LogP contribution in [0.1, 0.15) is 18.1 Å². The first-order valence-electron chi connectivity index (χ1n) is 10.3. The molecule has 2 aromatic carbocycles. The molecule has 0 aliphatic rings. The summed E-state index contributed by atoms with van der Waals surface area (Å²) in [4.78, 5) is 16.9. The molecule has 0 unspecified atom stereocenters. The Labute approximate surface area is 190 Å². The molecule has 2 heterocycles. The minimum Gasteiger partial charge on any atom is -0.471 e. The third-order valence-corrected chi connectivity index (χ3v) is 5.69. The topological polar surface area (TPSA) is 81.9 Å². The van der Waals surface area contributed by atoms with Gasteiger partial charge in [0.15, 0.2) is 5.16 Å². The summed E-state index contributed by atoms with van der Waals surface area (Å²) >= 11 is 1.33. The summed E-state index contributed by atoms with van der Waals surface area (Å²) in [6.45, 7) is 2.48. The fraction of sp³-hybridized carbons (Fsp3) is 0.167. The largest absolute Gasteiger partial charge is 0.471 e. The molecule has 2 aromatic heterocycles. The Morgan fingerprint density at radius 3 is 2.72 bits per heavy atom. The Morgan fingerprint density at radius 1 is 1.06 bits per heavy atom. The molecule has 8 heteroatoms. The molecule has 32 heavy (non-hydrogen) atoms. The molecule has 0 bridgehead atoms. The van der Waals surface area contributed by atoms with Gasteiger partial charge in [0.05, 0.1) is 11.4 Å². The summed E-state index contributed by atoms with van der Waals surface area (Å²) in [5.41, 5.74) is 3.77. The number of rotatable bonds is 9. The van der Waals surface area contributed by atoms with Crippen LogP contribution in [0.25, 0.3) is 5.69 Å². The maximum atomic E-state index is 12.6. The van der Waals surface area contributed by atoms with E-state index in [0.29, 0.717) is 23.3 Å². The Balaban J connectivity index is 1.39. The number of benzene rings is 2. The van der Waals surface area contributed by atoms with Crippen LogP contribution in [0.4, 0.5) is 5.69 Å². The first-order chi connectivity index (χ1) is 15.7. The number of aromatic nitrogens is 4. The van der Waals surface area contributed by atoms with Gasteiger partial charge in [-0.2, -0.15) is 0 Å². The van der Waals surface area contributed by atoms with Crippen LogP contribution >= 0.6 is 11.8 Å². The van der Waals surface area contributed by atoms with Crippen molar-refractivity contribution >= 4 is 23.4 Å². The van der Waals surface area contributed by atoms with Gasteiger partial charge in [0.1, 0.15) is 18.6 Å². The Bertz CT molecular complexity index is 1180. The van der Waals surface area contributed by atoms with Gasteiger partial charge in [0, 0.05) is 6.20 Å². The lowest BCUT2D eigenvalue weighted by Gasteiger charge is -2.12. The Morgan fingerprint density at radius 2 is 1.88 bits per heavy atom. The summed E-state index contributed by atoms with van der Waals surface area (Å²) in [5, 5.41) is 11.8. The number of ether oxygens (including phenoxy) is 1. The number of nitrogens with zero attached hydrogens (tertiary/aromatic N) is 4. The fourth-order valence-corrected chi connectivity index (χ4v) is 3.90. The highest BCUT2D eigenvalue weighted by molar-refractivity contribution is 7.99. The van der Waals surface area contributed by atoms with Crippen molar-refractivity contribution < 1.29 is 9.53 Å². The lowest BCUT2D eigenvalue weighted by atomic mass is 10.1. The molecular formula is C24H23N5O2S. The standard InChI is InChI=1S/C24H23N5O2S/c1-2-19-11-6-7-13-21(19)29-17-26-28-24(29)32-16-22(30)27-20-12-8-14-25-23(20)31-15-18-9-4-3-5-10-18/h3-14,17H,2,15-16H2,1H3,(H,27,30). The van der Waals surface area contributed by atoms with E-state index in [1.807, 2.05) is 53.1 Å². The van der Waals surface area contributed by atoms with Gasteiger partial charge in [-0.1, -0.05) is 67.2 Å².